The fraction of sp³-hybridized carbons (Fsp3) is 0.708. The van der Waals surface area contributed by atoms with Gasteiger partial charge in [0, 0.05) is 36.8 Å². The molecule has 2 fully saturated rings. The SMILES string of the molecule is CCCC(C)Nc1ncc2c(OC3CCC(F)(F)CC3)ncc(C3CCCCC3)c2n1. The van der Waals surface area contributed by atoms with E-state index in [-0.39, 0.29) is 18.9 Å². The van der Waals surface area contributed by atoms with Gasteiger partial charge in [-0.2, -0.15) is 0 Å². The van der Waals surface area contributed by atoms with Crippen molar-refractivity contribution in [3.63, 3.8) is 0 Å². The summed E-state index contributed by atoms with van der Waals surface area (Å²) in [5.74, 6) is -1.03. The van der Waals surface area contributed by atoms with Crippen LogP contribution in [0.2, 0.25) is 0 Å². The van der Waals surface area contributed by atoms with Crippen molar-refractivity contribution in [2.75, 3.05) is 5.32 Å². The molecule has 2 aliphatic rings. The molecule has 2 heterocycles. The molecule has 31 heavy (non-hydrogen) atoms. The first-order chi connectivity index (χ1) is 14.9. The number of nitrogens with one attached hydrogen (secondary N) is 1. The smallest absolute Gasteiger partial charge is 0.248 e. The van der Waals surface area contributed by atoms with Crippen molar-refractivity contribution < 1.29 is 13.5 Å². The fourth-order valence-corrected chi connectivity index (χ4v) is 4.91. The summed E-state index contributed by atoms with van der Waals surface area (Å²) in [7, 11) is 0. The van der Waals surface area contributed by atoms with Crippen LogP contribution in [0.1, 0.15) is 96.0 Å². The van der Waals surface area contributed by atoms with Crippen LogP contribution in [0, 0.1) is 0 Å². The minimum Gasteiger partial charge on any atom is -0.474 e. The predicted octanol–water partition coefficient (Wildman–Crippen LogP) is 6.63. The highest BCUT2D eigenvalue weighted by atomic mass is 19.3. The van der Waals surface area contributed by atoms with Gasteiger partial charge in [0.15, 0.2) is 0 Å². The maximum atomic E-state index is 13.5. The van der Waals surface area contributed by atoms with Crippen molar-refractivity contribution in [1.29, 1.82) is 0 Å². The summed E-state index contributed by atoms with van der Waals surface area (Å²) >= 11 is 0. The number of rotatable bonds is 7. The zero-order valence-electron chi connectivity index (χ0n) is 18.7. The molecule has 4 rings (SSSR count). The molecule has 170 valence electrons. The Morgan fingerprint density at radius 2 is 1.84 bits per heavy atom. The largest absolute Gasteiger partial charge is 0.474 e. The number of fused-ring (bicyclic) bond motifs is 1. The van der Waals surface area contributed by atoms with Crippen LogP contribution in [0.4, 0.5) is 14.7 Å². The Balaban J connectivity index is 1.64. The van der Waals surface area contributed by atoms with E-state index in [1.54, 1.807) is 6.20 Å². The van der Waals surface area contributed by atoms with Crippen molar-refractivity contribution >= 4 is 16.9 Å². The number of anilines is 1. The molecule has 0 aliphatic heterocycles. The van der Waals surface area contributed by atoms with Gasteiger partial charge in [0.25, 0.3) is 0 Å². The third kappa shape index (κ3) is 5.42. The van der Waals surface area contributed by atoms with Crippen molar-refractivity contribution in [3.8, 4) is 5.88 Å². The Kier molecular flexibility index (Phi) is 6.87. The van der Waals surface area contributed by atoms with E-state index in [9.17, 15) is 8.78 Å². The summed E-state index contributed by atoms with van der Waals surface area (Å²) in [6.07, 6.45) is 12.1. The summed E-state index contributed by atoms with van der Waals surface area (Å²) in [5, 5.41) is 4.19. The van der Waals surface area contributed by atoms with Crippen molar-refractivity contribution in [1.82, 2.24) is 15.0 Å². The van der Waals surface area contributed by atoms with Gasteiger partial charge in [0.05, 0.1) is 10.9 Å². The number of aromatic nitrogens is 3. The van der Waals surface area contributed by atoms with E-state index < -0.39 is 5.92 Å². The molecular weight excluding hydrogens is 398 g/mol. The zero-order chi connectivity index (χ0) is 21.8. The molecule has 0 bridgehead atoms. The van der Waals surface area contributed by atoms with Gasteiger partial charge in [-0.3, -0.25) is 0 Å². The first kappa shape index (κ1) is 22.2. The summed E-state index contributed by atoms with van der Waals surface area (Å²) in [6, 6.07) is 0.294. The molecule has 0 amide bonds. The van der Waals surface area contributed by atoms with Gasteiger partial charge >= 0.3 is 0 Å². The Hall–Kier alpha value is -2.05. The highest BCUT2D eigenvalue weighted by Gasteiger charge is 2.36. The monoisotopic (exact) mass is 432 g/mol. The van der Waals surface area contributed by atoms with E-state index in [1.165, 1.54) is 19.3 Å². The molecule has 0 spiro atoms. The second kappa shape index (κ2) is 9.61. The van der Waals surface area contributed by atoms with E-state index in [1.807, 2.05) is 6.20 Å². The number of pyridine rings is 1. The molecule has 1 atom stereocenters. The second-order valence-corrected chi connectivity index (χ2v) is 9.32. The predicted molar refractivity (Wildman–Crippen MR) is 119 cm³/mol. The maximum Gasteiger partial charge on any atom is 0.248 e. The van der Waals surface area contributed by atoms with Gasteiger partial charge in [0.2, 0.25) is 17.8 Å². The molecule has 2 aromatic rings. The molecule has 0 aromatic carbocycles. The van der Waals surface area contributed by atoms with E-state index in [2.05, 4.69) is 29.1 Å². The van der Waals surface area contributed by atoms with Crippen LogP contribution in [0.5, 0.6) is 5.88 Å². The Morgan fingerprint density at radius 1 is 1.10 bits per heavy atom. The van der Waals surface area contributed by atoms with Gasteiger partial charge in [0.1, 0.15) is 6.10 Å². The second-order valence-electron chi connectivity index (χ2n) is 9.32. The lowest BCUT2D eigenvalue weighted by atomic mass is 9.84. The van der Waals surface area contributed by atoms with Crippen LogP contribution in [0.25, 0.3) is 10.9 Å². The van der Waals surface area contributed by atoms with Crippen LogP contribution in [-0.4, -0.2) is 33.0 Å². The van der Waals surface area contributed by atoms with Gasteiger partial charge in [-0.05, 0) is 44.9 Å². The lowest BCUT2D eigenvalue weighted by molar-refractivity contribution is -0.0586. The highest BCUT2D eigenvalue weighted by molar-refractivity contribution is 5.86. The van der Waals surface area contributed by atoms with Gasteiger partial charge < -0.3 is 10.1 Å². The van der Waals surface area contributed by atoms with E-state index in [4.69, 9.17) is 9.72 Å². The first-order valence-corrected chi connectivity index (χ1v) is 11.9. The molecule has 5 nitrogen and oxygen atoms in total. The van der Waals surface area contributed by atoms with Crippen LogP contribution < -0.4 is 10.1 Å². The minimum absolute atomic E-state index is 0.129. The maximum absolute atomic E-state index is 13.5. The summed E-state index contributed by atoms with van der Waals surface area (Å²) in [4.78, 5) is 14.0. The molecule has 1 N–H and O–H groups in total. The fourth-order valence-electron chi connectivity index (χ4n) is 4.91. The lowest BCUT2D eigenvalue weighted by Gasteiger charge is -2.29. The van der Waals surface area contributed by atoms with Crippen molar-refractivity contribution in [3.05, 3.63) is 18.0 Å². The van der Waals surface area contributed by atoms with Crippen LogP contribution in [-0.2, 0) is 0 Å². The lowest BCUT2D eigenvalue weighted by Crippen LogP contribution is -2.31. The molecule has 2 aliphatic carbocycles. The molecule has 7 heteroatoms. The average Bonchev–Trinajstić information content (AvgIpc) is 2.76. The standard InChI is InChI=1S/C24H34F2N4O/c1-3-7-16(2)29-23-28-15-20-21(30-23)19(17-8-5-4-6-9-17)14-27-22(20)31-18-10-12-24(25,26)13-11-18/h14-18H,3-13H2,1-2H3,(H,28,29,30). The van der Waals surface area contributed by atoms with Crippen LogP contribution >= 0.6 is 0 Å². The molecule has 0 saturated heterocycles. The molecule has 2 saturated carbocycles. The number of halogens is 2. The topological polar surface area (TPSA) is 59.9 Å². The zero-order valence-corrected chi connectivity index (χ0v) is 18.7. The van der Waals surface area contributed by atoms with Crippen molar-refractivity contribution in [2.45, 2.75) is 108 Å². The van der Waals surface area contributed by atoms with E-state index >= 15 is 0 Å². The highest BCUT2D eigenvalue weighted by Crippen LogP contribution is 2.39. The average molecular weight is 433 g/mol. The third-order valence-corrected chi connectivity index (χ3v) is 6.70. The quantitative estimate of drug-likeness (QED) is 0.532. The Labute approximate surface area is 183 Å². The summed E-state index contributed by atoms with van der Waals surface area (Å²) < 4.78 is 33.2. The molecular formula is C24H34F2N4O. The van der Waals surface area contributed by atoms with E-state index in [0.717, 1.165) is 42.1 Å². The number of hydrogen-bond donors (Lipinski definition) is 1. The van der Waals surface area contributed by atoms with Crippen LogP contribution in [0.15, 0.2) is 12.4 Å². The molecule has 0 radical (unpaired) electrons. The Morgan fingerprint density at radius 3 is 2.55 bits per heavy atom. The van der Waals surface area contributed by atoms with Crippen molar-refractivity contribution in [2.24, 2.45) is 0 Å². The normalized spacial score (nSPS) is 21.2. The first-order valence-electron chi connectivity index (χ1n) is 11.9. The molecule has 1 unspecified atom stereocenters. The number of nitrogens with zero attached hydrogens (tertiary/aromatic N) is 3. The minimum atomic E-state index is -2.57. The number of ether oxygens (including phenoxy) is 1. The Bertz CT molecular complexity index is 875. The third-order valence-electron chi connectivity index (χ3n) is 6.70. The van der Waals surface area contributed by atoms with Gasteiger partial charge in [-0.15, -0.1) is 0 Å². The van der Waals surface area contributed by atoms with Gasteiger partial charge in [-0.1, -0.05) is 32.6 Å². The number of hydrogen-bond acceptors (Lipinski definition) is 5. The van der Waals surface area contributed by atoms with E-state index in [0.29, 0.717) is 36.6 Å². The molecule has 2 aromatic heterocycles. The van der Waals surface area contributed by atoms with Crippen LogP contribution in [0.3, 0.4) is 0 Å². The van der Waals surface area contributed by atoms with Gasteiger partial charge in [-0.25, -0.2) is 23.7 Å². The summed E-state index contributed by atoms with van der Waals surface area (Å²) in [5.41, 5.74) is 2.05. The summed E-state index contributed by atoms with van der Waals surface area (Å²) in [6.45, 7) is 4.30. The number of alkyl halides is 2.